The number of hydrogen-bond acceptors (Lipinski definition) is 3. The quantitative estimate of drug-likeness (QED) is 0.898. The monoisotopic (exact) mass is 310 g/mol. The average Bonchev–Trinajstić information content (AvgIpc) is 2.40. The molecule has 0 aromatic heterocycles. The summed E-state index contributed by atoms with van der Waals surface area (Å²) in [7, 11) is -3.03. The van der Waals surface area contributed by atoms with Crippen LogP contribution in [0.5, 0.6) is 0 Å². The maximum atomic E-state index is 11.9. The minimum Gasteiger partial charge on any atom is -0.335 e. The number of urea groups is 1. The molecule has 2 amide bonds. The summed E-state index contributed by atoms with van der Waals surface area (Å²) < 4.78 is 22.4. The molecule has 0 spiro atoms. The molecule has 0 unspecified atom stereocenters. The van der Waals surface area contributed by atoms with Gasteiger partial charge in [0.1, 0.15) is 0 Å². The van der Waals surface area contributed by atoms with Gasteiger partial charge in [0.25, 0.3) is 0 Å². The van der Waals surface area contributed by atoms with E-state index in [2.05, 4.69) is 10.6 Å². The van der Waals surface area contributed by atoms with E-state index in [0.717, 1.165) is 18.4 Å². The molecular weight excluding hydrogens is 288 g/mol. The van der Waals surface area contributed by atoms with Crippen LogP contribution < -0.4 is 10.6 Å². The summed E-state index contributed by atoms with van der Waals surface area (Å²) >= 11 is 0. The Labute approximate surface area is 126 Å². The van der Waals surface area contributed by atoms with Gasteiger partial charge >= 0.3 is 6.03 Å². The number of nitrogens with one attached hydrogen (secondary N) is 2. The highest BCUT2D eigenvalue weighted by molar-refractivity contribution is 7.89. The topological polar surface area (TPSA) is 75.3 Å². The third-order valence-corrected chi connectivity index (χ3v) is 4.44. The molecule has 116 valence electrons. The summed E-state index contributed by atoms with van der Waals surface area (Å²) in [5, 5.41) is 5.75. The van der Waals surface area contributed by atoms with Gasteiger partial charge < -0.3 is 10.6 Å². The summed E-state index contributed by atoms with van der Waals surface area (Å²) in [5.41, 5.74) is 1.39. The molecular formula is C15H22N2O3S. The number of amides is 2. The van der Waals surface area contributed by atoms with Crippen molar-refractivity contribution in [3.05, 3.63) is 29.8 Å². The average molecular weight is 310 g/mol. The molecule has 0 saturated heterocycles. The maximum absolute atomic E-state index is 11.9. The van der Waals surface area contributed by atoms with Crippen LogP contribution in [0.4, 0.5) is 10.5 Å². The summed E-state index contributed by atoms with van der Waals surface area (Å²) in [6.45, 7) is 0. The molecule has 0 aliphatic heterocycles. The molecule has 21 heavy (non-hydrogen) atoms. The molecule has 5 nitrogen and oxygen atoms in total. The number of hydrogen-bond donors (Lipinski definition) is 2. The Kier molecular flexibility index (Phi) is 5.22. The van der Waals surface area contributed by atoms with Crippen molar-refractivity contribution in [2.24, 2.45) is 0 Å². The normalized spacial score (nSPS) is 16.4. The third kappa shape index (κ3) is 5.75. The molecule has 2 N–H and O–H groups in total. The van der Waals surface area contributed by atoms with E-state index in [9.17, 15) is 13.2 Å². The lowest BCUT2D eigenvalue weighted by molar-refractivity contribution is 0.244. The Bertz CT molecular complexity index is 575. The first-order chi connectivity index (χ1) is 9.92. The molecule has 1 fully saturated rings. The predicted octanol–water partition coefficient (Wildman–Crippen LogP) is 2.69. The van der Waals surface area contributed by atoms with E-state index in [1.165, 1.54) is 25.5 Å². The van der Waals surface area contributed by atoms with E-state index in [4.69, 9.17) is 0 Å². The SMILES string of the molecule is CS(=O)(=O)Cc1ccc(NC(=O)NC2CCCCC2)cc1. The fourth-order valence-electron chi connectivity index (χ4n) is 2.59. The van der Waals surface area contributed by atoms with Crippen molar-refractivity contribution in [1.82, 2.24) is 5.32 Å². The molecule has 1 aromatic carbocycles. The predicted molar refractivity (Wildman–Crippen MR) is 84.0 cm³/mol. The first kappa shape index (κ1) is 15.8. The fourth-order valence-corrected chi connectivity index (χ4v) is 3.38. The van der Waals surface area contributed by atoms with Crippen molar-refractivity contribution >= 4 is 21.6 Å². The van der Waals surface area contributed by atoms with Crippen LogP contribution in [-0.2, 0) is 15.6 Å². The van der Waals surface area contributed by atoms with Crippen LogP contribution >= 0.6 is 0 Å². The second-order valence-electron chi connectivity index (χ2n) is 5.70. The summed E-state index contributed by atoms with van der Waals surface area (Å²) in [4.78, 5) is 11.9. The van der Waals surface area contributed by atoms with Crippen molar-refractivity contribution in [3.8, 4) is 0 Å². The Morgan fingerprint density at radius 2 is 1.76 bits per heavy atom. The molecule has 0 radical (unpaired) electrons. The third-order valence-electron chi connectivity index (χ3n) is 3.58. The van der Waals surface area contributed by atoms with Crippen LogP contribution in [0.3, 0.4) is 0 Å². The van der Waals surface area contributed by atoms with E-state index < -0.39 is 9.84 Å². The lowest BCUT2D eigenvalue weighted by Crippen LogP contribution is -2.38. The Balaban J connectivity index is 1.86. The molecule has 0 bridgehead atoms. The van der Waals surface area contributed by atoms with Gasteiger partial charge in [0.2, 0.25) is 0 Å². The molecule has 1 aliphatic carbocycles. The molecule has 0 heterocycles. The lowest BCUT2D eigenvalue weighted by Gasteiger charge is -2.22. The highest BCUT2D eigenvalue weighted by Gasteiger charge is 2.15. The summed E-state index contributed by atoms with van der Waals surface area (Å²) in [6, 6.07) is 6.96. The number of carbonyl (C=O) groups excluding carboxylic acids is 1. The van der Waals surface area contributed by atoms with Gasteiger partial charge in [-0.3, -0.25) is 0 Å². The van der Waals surface area contributed by atoms with Crippen LogP contribution in [0.15, 0.2) is 24.3 Å². The van der Waals surface area contributed by atoms with E-state index in [1.54, 1.807) is 24.3 Å². The van der Waals surface area contributed by atoms with Crippen molar-refractivity contribution in [2.75, 3.05) is 11.6 Å². The largest absolute Gasteiger partial charge is 0.335 e. The number of carbonyl (C=O) groups is 1. The van der Waals surface area contributed by atoms with Gasteiger partial charge in [-0.2, -0.15) is 0 Å². The highest BCUT2D eigenvalue weighted by Crippen LogP contribution is 2.17. The van der Waals surface area contributed by atoms with Gasteiger partial charge in [0.05, 0.1) is 5.75 Å². The Morgan fingerprint density at radius 3 is 2.33 bits per heavy atom. The van der Waals surface area contributed by atoms with Crippen LogP contribution in [0.2, 0.25) is 0 Å². The van der Waals surface area contributed by atoms with Crippen molar-refractivity contribution in [3.63, 3.8) is 0 Å². The molecule has 1 aliphatic rings. The van der Waals surface area contributed by atoms with Crippen LogP contribution in [-0.4, -0.2) is 26.7 Å². The Hall–Kier alpha value is -1.56. The van der Waals surface area contributed by atoms with Crippen molar-refractivity contribution in [2.45, 2.75) is 43.9 Å². The van der Waals surface area contributed by atoms with E-state index >= 15 is 0 Å². The number of sulfone groups is 1. The van der Waals surface area contributed by atoms with Gasteiger partial charge in [0.15, 0.2) is 9.84 Å². The molecule has 1 aromatic rings. The first-order valence-corrected chi connectivity index (χ1v) is 9.32. The molecule has 2 rings (SSSR count). The van der Waals surface area contributed by atoms with E-state index in [-0.39, 0.29) is 17.8 Å². The summed E-state index contributed by atoms with van der Waals surface area (Å²) in [5.74, 6) is 0.0154. The van der Waals surface area contributed by atoms with E-state index in [1.807, 2.05) is 0 Å². The second kappa shape index (κ2) is 6.93. The van der Waals surface area contributed by atoms with Gasteiger partial charge in [-0.05, 0) is 30.5 Å². The fraction of sp³-hybridized carbons (Fsp3) is 0.533. The standard InChI is InChI=1S/C15H22N2O3S/c1-21(19,20)11-12-7-9-14(10-8-12)17-15(18)16-13-5-3-2-4-6-13/h7-10,13H,2-6,11H2,1H3,(H2,16,17,18). The van der Waals surface area contributed by atoms with Crippen LogP contribution in [0, 0.1) is 0 Å². The zero-order valence-corrected chi connectivity index (χ0v) is 13.1. The summed E-state index contributed by atoms with van der Waals surface area (Å²) in [6.07, 6.45) is 6.89. The molecule has 6 heteroatoms. The van der Waals surface area contributed by atoms with Crippen molar-refractivity contribution in [1.29, 1.82) is 0 Å². The maximum Gasteiger partial charge on any atom is 0.319 e. The molecule has 0 atom stereocenters. The second-order valence-corrected chi connectivity index (χ2v) is 7.84. The van der Waals surface area contributed by atoms with Crippen molar-refractivity contribution < 1.29 is 13.2 Å². The van der Waals surface area contributed by atoms with Crippen LogP contribution in [0.1, 0.15) is 37.7 Å². The zero-order valence-electron chi connectivity index (χ0n) is 12.3. The Morgan fingerprint density at radius 1 is 1.14 bits per heavy atom. The van der Waals surface area contributed by atoms with Gasteiger partial charge in [0, 0.05) is 18.0 Å². The lowest BCUT2D eigenvalue weighted by atomic mass is 9.96. The first-order valence-electron chi connectivity index (χ1n) is 7.26. The number of benzene rings is 1. The number of anilines is 1. The minimum atomic E-state index is -3.03. The van der Waals surface area contributed by atoms with Crippen LogP contribution in [0.25, 0.3) is 0 Å². The van der Waals surface area contributed by atoms with Gasteiger partial charge in [-0.1, -0.05) is 31.4 Å². The van der Waals surface area contributed by atoms with Gasteiger partial charge in [-0.15, -0.1) is 0 Å². The highest BCUT2D eigenvalue weighted by atomic mass is 32.2. The van der Waals surface area contributed by atoms with E-state index in [0.29, 0.717) is 5.69 Å². The smallest absolute Gasteiger partial charge is 0.319 e. The van der Waals surface area contributed by atoms with Gasteiger partial charge in [-0.25, -0.2) is 13.2 Å². The number of rotatable bonds is 4. The molecule has 1 saturated carbocycles. The zero-order chi connectivity index (χ0) is 15.3. The minimum absolute atomic E-state index is 0.0154.